The van der Waals surface area contributed by atoms with Gasteiger partial charge in [-0.2, -0.15) is 0 Å². The lowest BCUT2D eigenvalue weighted by Crippen LogP contribution is -2.70. The summed E-state index contributed by atoms with van der Waals surface area (Å²) < 4.78 is 0. The van der Waals surface area contributed by atoms with Crippen molar-refractivity contribution in [2.75, 3.05) is 6.54 Å². The highest BCUT2D eigenvalue weighted by Crippen LogP contribution is 2.34. The smallest absolute Gasteiger partial charge is 0.248 e. The Bertz CT molecular complexity index is 346. The molecular formula is C14H24N2O2. The van der Waals surface area contributed by atoms with E-state index in [2.05, 4.69) is 5.32 Å². The van der Waals surface area contributed by atoms with Gasteiger partial charge in [-0.15, -0.1) is 0 Å². The monoisotopic (exact) mass is 252 g/mol. The number of hydrogen-bond donors (Lipinski definition) is 1. The maximum atomic E-state index is 12.7. The summed E-state index contributed by atoms with van der Waals surface area (Å²) in [6.45, 7) is 6.70. The molecule has 4 heteroatoms. The van der Waals surface area contributed by atoms with E-state index in [0.717, 1.165) is 6.54 Å². The first-order valence-corrected chi connectivity index (χ1v) is 7.21. The first-order chi connectivity index (χ1) is 8.57. The van der Waals surface area contributed by atoms with Crippen molar-refractivity contribution >= 4 is 11.8 Å². The van der Waals surface area contributed by atoms with Crippen LogP contribution in [0.15, 0.2) is 0 Å². The van der Waals surface area contributed by atoms with E-state index in [1.54, 1.807) is 0 Å². The molecule has 0 bridgehead atoms. The highest BCUT2D eigenvalue weighted by atomic mass is 16.2. The average Bonchev–Trinajstić information content (AvgIpc) is 3.18. The van der Waals surface area contributed by atoms with Crippen molar-refractivity contribution in [1.29, 1.82) is 0 Å². The van der Waals surface area contributed by atoms with Gasteiger partial charge in [0, 0.05) is 6.54 Å². The Hall–Kier alpha value is -1.06. The molecule has 0 aromatic rings. The van der Waals surface area contributed by atoms with Gasteiger partial charge >= 0.3 is 0 Å². The van der Waals surface area contributed by atoms with Crippen molar-refractivity contribution in [2.24, 2.45) is 5.92 Å². The molecule has 1 atom stereocenters. The lowest BCUT2D eigenvalue weighted by molar-refractivity contribution is -0.156. The molecule has 1 aliphatic heterocycles. The standard InChI is InChI=1S/C14H24N2O2/c1-4-11-12(17)15-14(5-2,6-3)13(18)16(11)9-10-7-8-10/h10-11H,4-9H2,1-3H3,(H,15,17). The van der Waals surface area contributed by atoms with Crippen LogP contribution in [-0.4, -0.2) is 34.8 Å². The minimum atomic E-state index is -0.655. The molecule has 2 amide bonds. The molecule has 1 N–H and O–H groups in total. The van der Waals surface area contributed by atoms with E-state index >= 15 is 0 Å². The molecule has 1 saturated carbocycles. The summed E-state index contributed by atoms with van der Waals surface area (Å²) in [7, 11) is 0. The molecule has 0 spiro atoms. The molecule has 1 heterocycles. The maximum absolute atomic E-state index is 12.7. The second kappa shape index (κ2) is 4.90. The lowest BCUT2D eigenvalue weighted by atomic mass is 9.86. The van der Waals surface area contributed by atoms with Gasteiger partial charge in [-0.05, 0) is 38.0 Å². The highest BCUT2D eigenvalue weighted by molar-refractivity contribution is 5.99. The minimum absolute atomic E-state index is 0.0291. The van der Waals surface area contributed by atoms with Crippen LogP contribution in [0.5, 0.6) is 0 Å². The Balaban J connectivity index is 2.24. The van der Waals surface area contributed by atoms with E-state index in [1.807, 2.05) is 25.7 Å². The molecule has 18 heavy (non-hydrogen) atoms. The summed E-state index contributed by atoms with van der Waals surface area (Å²) in [5, 5.41) is 2.97. The van der Waals surface area contributed by atoms with Crippen molar-refractivity contribution in [3.05, 3.63) is 0 Å². The van der Waals surface area contributed by atoms with Crippen LogP contribution < -0.4 is 5.32 Å². The number of carbonyl (C=O) groups excluding carboxylic acids is 2. The van der Waals surface area contributed by atoms with Gasteiger partial charge in [-0.3, -0.25) is 9.59 Å². The van der Waals surface area contributed by atoms with Crippen molar-refractivity contribution in [2.45, 2.75) is 64.5 Å². The molecule has 1 unspecified atom stereocenters. The third-order valence-electron chi connectivity index (χ3n) is 4.46. The summed E-state index contributed by atoms with van der Waals surface area (Å²) in [5.41, 5.74) is -0.655. The fraction of sp³-hybridized carbons (Fsp3) is 0.857. The van der Waals surface area contributed by atoms with Crippen molar-refractivity contribution in [3.63, 3.8) is 0 Å². The second-order valence-corrected chi connectivity index (χ2v) is 5.60. The fourth-order valence-corrected chi connectivity index (χ4v) is 2.85. The van der Waals surface area contributed by atoms with Gasteiger partial charge in [0.05, 0.1) is 0 Å². The summed E-state index contributed by atoms with van der Waals surface area (Å²) in [4.78, 5) is 26.8. The van der Waals surface area contributed by atoms with Crippen LogP contribution in [0.1, 0.15) is 52.9 Å². The van der Waals surface area contributed by atoms with E-state index in [0.29, 0.717) is 25.2 Å². The summed E-state index contributed by atoms with van der Waals surface area (Å²) in [5.74, 6) is 0.785. The van der Waals surface area contributed by atoms with Crippen LogP contribution in [-0.2, 0) is 9.59 Å². The van der Waals surface area contributed by atoms with Crippen LogP contribution in [0.3, 0.4) is 0 Å². The highest BCUT2D eigenvalue weighted by Gasteiger charge is 2.49. The Morgan fingerprint density at radius 1 is 1.22 bits per heavy atom. The Labute approximate surface area is 109 Å². The topological polar surface area (TPSA) is 49.4 Å². The molecule has 4 nitrogen and oxygen atoms in total. The van der Waals surface area contributed by atoms with Crippen LogP contribution in [0.4, 0.5) is 0 Å². The zero-order valence-corrected chi connectivity index (χ0v) is 11.7. The van der Waals surface area contributed by atoms with Crippen LogP contribution in [0.25, 0.3) is 0 Å². The van der Waals surface area contributed by atoms with E-state index in [9.17, 15) is 9.59 Å². The quantitative estimate of drug-likeness (QED) is 0.809. The van der Waals surface area contributed by atoms with E-state index in [4.69, 9.17) is 0 Å². The number of carbonyl (C=O) groups is 2. The number of nitrogens with zero attached hydrogens (tertiary/aromatic N) is 1. The van der Waals surface area contributed by atoms with Crippen molar-refractivity contribution < 1.29 is 9.59 Å². The van der Waals surface area contributed by atoms with Gasteiger partial charge in [0.25, 0.3) is 0 Å². The number of piperazine rings is 1. The number of rotatable bonds is 5. The molecule has 2 rings (SSSR count). The summed E-state index contributed by atoms with van der Waals surface area (Å²) in [6.07, 6.45) is 4.45. The largest absolute Gasteiger partial charge is 0.340 e. The number of amides is 2. The summed E-state index contributed by atoms with van der Waals surface area (Å²) in [6, 6.07) is -0.260. The maximum Gasteiger partial charge on any atom is 0.248 e. The van der Waals surface area contributed by atoms with Crippen molar-refractivity contribution in [3.8, 4) is 0 Å². The zero-order valence-electron chi connectivity index (χ0n) is 11.7. The van der Waals surface area contributed by atoms with E-state index in [-0.39, 0.29) is 17.9 Å². The van der Waals surface area contributed by atoms with Gasteiger partial charge in [0.1, 0.15) is 11.6 Å². The van der Waals surface area contributed by atoms with Crippen LogP contribution in [0, 0.1) is 5.92 Å². The second-order valence-electron chi connectivity index (χ2n) is 5.60. The van der Waals surface area contributed by atoms with Gasteiger partial charge in [0.15, 0.2) is 0 Å². The molecule has 0 aromatic heterocycles. The first-order valence-electron chi connectivity index (χ1n) is 7.21. The van der Waals surface area contributed by atoms with Crippen LogP contribution in [0.2, 0.25) is 0 Å². The van der Waals surface area contributed by atoms with Gasteiger partial charge in [-0.1, -0.05) is 20.8 Å². The predicted octanol–water partition coefficient (Wildman–Crippen LogP) is 1.69. The zero-order chi connectivity index (χ0) is 13.3. The molecule has 0 aromatic carbocycles. The first kappa shape index (κ1) is 13.4. The van der Waals surface area contributed by atoms with Crippen LogP contribution >= 0.6 is 0 Å². The lowest BCUT2D eigenvalue weighted by Gasteiger charge is -2.45. The SMILES string of the molecule is CCC1C(=O)NC(CC)(CC)C(=O)N1CC1CC1. The third kappa shape index (κ3) is 2.13. The Morgan fingerprint density at radius 2 is 1.83 bits per heavy atom. The molecular weight excluding hydrogens is 228 g/mol. The van der Waals surface area contributed by atoms with E-state index < -0.39 is 5.54 Å². The van der Waals surface area contributed by atoms with E-state index in [1.165, 1.54) is 12.8 Å². The molecule has 102 valence electrons. The molecule has 2 aliphatic rings. The molecule has 1 saturated heterocycles. The Kier molecular flexibility index (Phi) is 3.64. The normalized spacial score (nSPS) is 27.3. The summed E-state index contributed by atoms with van der Waals surface area (Å²) >= 11 is 0. The third-order valence-corrected chi connectivity index (χ3v) is 4.46. The molecule has 2 fully saturated rings. The molecule has 0 radical (unpaired) electrons. The Morgan fingerprint density at radius 3 is 2.28 bits per heavy atom. The van der Waals surface area contributed by atoms with Gasteiger partial charge < -0.3 is 10.2 Å². The molecule has 1 aliphatic carbocycles. The number of hydrogen-bond acceptors (Lipinski definition) is 2. The van der Waals surface area contributed by atoms with Gasteiger partial charge in [-0.25, -0.2) is 0 Å². The van der Waals surface area contributed by atoms with Gasteiger partial charge in [0.2, 0.25) is 11.8 Å². The minimum Gasteiger partial charge on any atom is -0.340 e. The average molecular weight is 252 g/mol. The fourth-order valence-electron chi connectivity index (χ4n) is 2.85. The van der Waals surface area contributed by atoms with Crippen molar-refractivity contribution in [1.82, 2.24) is 10.2 Å². The predicted molar refractivity (Wildman–Crippen MR) is 70.0 cm³/mol. The number of nitrogens with one attached hydrogen (secondary N) is 1.